The fourth-order valence-electron chi connectivity index (χ4n) is 2.15. The van der Waals surface area contributed by atoms with Crippen LogP contribution >= 0.6 is 0 Å². The zero-order valence-corrected chi connectivity index (χ0v) is 12.3. The van der Waals surface area contributed by atoms with Gasteiger partial charge in [0.25, 0.3) is 0 Å². The predicted molar refractivity (Wildman–Crippen MR) is 82.0 cm³/mol. The van der Waals surface area contributed by atoms with E-state index in [1.165, 1.54) is 13.2 Å². The number of anilines is 1. The molecule has 0 aliphatic heterocycles. The fraction of sp³-hybridized carbons (Fsp3) is 0.235. The molecule has 1 atom stereocenters. The van der Waals surface area contributed by atoms with Crippen LogP contribution in [0.4, 0.5) is 10.1 Å². The Morgan fingerprint density at radius 3 is 2.50 bits per heavy atom. The highest BCUT2D eigenvalue weighted by molar-refractivity contribution is 5.81. The van der Waals surface area contributed by atoms with E-state index in [9.17, 15) is 9.18 Å². The molecule has 0 spiro atoms. The Morgan fingerprint density at radius 1 is 1.23 bits per heavy atom. The summed E-state index contributed by atoms with van der Waals surface area (Å²) in [5, 5.41) is 11.9. The van der Waals surface area contributed by atoms with Crippen LogP contribution in [-0.2, 0) is 16.0 Å². The number of benzene rings is 2. The van der Waals surface area contributed by atoms with E-state index in [2.05, 4.69) is 5.32 Å². The van der Waals surface area contributed by atoms with Crippen molar-refractivity contribution in [2.24, 2.45) is 0 Å². The Kier molecular flexibility index (Phi) is 5.49. The summed E-state index contributed by atoms with van der Waals surface area (Å²) in [5.74, 6) is -1.04. The smallest absolute Gasteiger partial charge is 0.333 e. The first-order chi connectivity index (χ1) is 10.7. The molecule has 2 rings (SSSR count). The first-order valence-electron chi connectivity index (χ1n) is 6.94. The van der Waals surface area contributed by atoms with Crippen molar-refractivity contribution in [1.82, 2.24) is 0 Å². The van der Waals surface area contributed by atoms with Crippen LogP contribution < -0.4 is 5.32 Å². The lowest BCUT2D eigenvalue weighted by Crippen LogP contribution is -2.23. The Labute approximate surface area is 128 Å². The number of carbonyl (C=O) groups excluding carboxylic acids is 1. The van der Waals surface area contributed by atoms with Crippen LogP contribution in [0.25, 0.3) is 0 Å². The fourth-order valence-corrected chi connectivity index (χ4v) is 2.15. The Hall–Kier alpha value is -2.40. The zero-order valence-electron chi connectivity index (χ0n) is 12.3. The van der Waals surface area contributed by atoms with Gasteiger partial charge in [-0.05, 0) is 30.2 Å². The molecule has 2 aromatic rings. The van der Waals surface area contributed by atoms with Crippen molar-refractivity contribution in [1.29, 1.82) is 0 Å². The third-order valence-corrected chi connectivity index (χ3v) is 3.32. The summed E-state index contributed by atoms with van der Waals surface area (Å²) in [4.78, 5) is 12.0. The number of nitrogens with one attached hydrogen (secondary N) is 1. The molecule has 22 heavy (non-hydrogen) atoms. The van der Waals surface area contributed by atoms with Gasteiger partial charge in [0.15, 0.2) is 6.04 Å². The number of ether oxygens (including phenoxy) is 1. The third-order valence-electron chi connectivity index (χ3n) is 3.32. The number of hydrogen-bond donors (Lipinski definition) is 2. The second kappa shape index (κ2) is 7.56. The van der Waals surface area contributed by atoms with E-state index in [4.69, 9.17) is 9.84 Å². The van der Waals surface area contributed by atoms with Gasteiger partial charge in [-0.3, -0.25) is 0 Å². The van der Waals surface area contributed by atoms with Gasteiger partial charge in [0.2, 0.25) is 0 Å². The third kappa shape index (κ3) is 3.83. The van der Waals surface area contributed by atoms with Crippen LogP contribution in [0, 0.1) is 5.82 Å². The van der Waals surface area contributed by atoms with Gasteiger partial charge in [0.1, 0.15) is 5.82 Å². The summed E-state index contributed by atoms with van der Waals surface area (Å²) in [6.45, 7) is 0.0762. The van der Waals surface area contributed by atoms with Crippen molar-refractivity contribution >= 4 is 11.7 Å². The maximum Gasteiger partial charge on any atom is 0.333 e. The van der Waals surface area contributed by atoms with Crippen molar-refractivity contribution in [2.75, 3.05) is 19.0 Å². The van der Waals surface area contributed by atoms with E-state index in [1.54, 1.807) is 30.3 Å². The van der Waals surface area contributed by atoms with Gasteiger partial charge in [-0.2, -0.15) is 0 Å². The number of hydrogen-bond acceptors (Lipinski definition) is 4. The second-order valence-corrected chi connectivity index (χ2v) is 4.79. The lowest BCUT2D eigenvalue weighted by Gasteiger charge is -2.18. The van der Waals surface area contributed by atoms with Crippen molar-refractivity contribution in [2.45, 2.75) is 12.5 Å². The molecule has 0 radical (unpaired) electrons. The Balaban J connectivity index is 2.24. The first kappa shape index (κ1) is 16.0. The van der Waals surface area contributed by atoms with Gasteiger partial charge >= 0.3 is 5.97 Å². The monoisotopic (exact) mass is 303 g/mol. The van der Waals surface area contributed by atoms with Crippen molar-refractivity contribution in [3.8, 4) is 0 Å². The number of halogens is 1. The van der Waals surface area contributed by atoms with Gasteiger partial charge in [-0.25, -0.2) is 9.18 Å². The van der Waals surface area contributed by atoms with Gasteiger partial charge in [-0.1, -0.05) is 30.3 Å². The molecule has 2 N–H and O–H groups in total. The summed E-state index contributed by atoms with van der Waals surface area (Å²) in [5.41, 5.74) is 1.88. The van der Waals surface area contributed by atoms with Crippen LogP contribution in [0.2, 0.25) is 0 Å². The molecule has 0 heterocycles. The molecule has 0 aromatic heterocycles. The maximum absolute atomic E-state index is 13.9. The molecule has 0 saturated heterocycles. The molecular weight excluding hydrogens is 285 g/mol. The number of rotatable bonds is 6. The predicted octanol–water partition coefficient (Wildman–Crippen LogP) is 2.69. The van der Waals surface area contributed by atoms with Gasteiger partial charge in [0.05, 0.1) is 7.11 Å². The Morgan fingerprint density at radius 2 is 1.91 bits per heavy atom. The van der Waals surface area contributed by atoms with Gasteiger partial charge in [-0.15, -0.1) is 0 Å². The van der Waals surface area contributed by atoms with Gasteiger partial charge in [0, 0.05) is 17.9 Å². The summed E-state index contributed by atoms with van der Waals surface area (Å²) < 4.78 is 18.7. The van der Waals surface area contributed by atoms with E-state index in [1.807, 2.05) is 12.1 Å². The van der Waals surface area contributed by atoms with E-state index < -0.39 is 17.8 Å². The van der Waals surface area contributed by atoms with Crippen LogP contribution in [-0.4, -0.2) is 24.8 Å². The molecule has 116 valence electrons. The highest BCUT2D eigenvalue weighted by Gasteiger charge is 2.24. The minimum Gasteiger partial charge on any atom is -0.467 e. The average molecular weight is 303 g/mol. The number of methoxy groups -OCH3 is 1. The minimum absolute atomic E-state index is 0.0762. The van der Waals surface area contributed by atoms with E-state index in [0.717, 1.165) is 5.56 Å². The van der Waals surface area contributed by atoms with Crippen molar-refractivity contribution in [3.05, 3.63) is 65.5 Å². The molecule has 5 heteroatoms. The molecule has 0 aliphatic rings. The van der Waals surface area contributed by atoms with Gasteiger partial charge < -0.3 is 15.2 Å². The number of carbonyl (C=O) groups is 1. The average Bonchev–Trinajstić information content (AvgIpc) is 2.54. The van der Waals surface area contributed by atoms with Crippen molar-refractivity contribution < 1.29 is 19.0 Å². The highest BCUT2D eigenvalue weighted by atomic mass is 19.1. The number of aliphatic hydroxyl groups is 1. The topological polar surface area (TPSA) is 58.6 Å². The van der Waals surface area contributed by atoms with E-state index in [-0.39, 0.29) is 12.2 Å². The summed E-state index contributed by atoms with van der Waals surface area (Å²) in [6, 6.07) is 12.4. The summed E-state index contributed by atoms with van der Waals surface area (Å²) in [6.07, 6.45) is 0.564. The van der Waals surface area contributed by atoms with E-state index in [0.29, 0.717) is 12.1 Å². The Bertz CT molecular complexity index is 628. The van der Waals surface area contributed by atoms with Crippen molar-refractivity contribution in [3.63, 3.8) is 0 Å². The lowest BCUT2D eigenvalue weighted by molar-refractivity contribution is -0.141. The standard InChI is InChI=1S/C17H18FNO3/c1-22-17(21)16(14-4-2-3-5-15(14)18)19-13-8-6-12(7-9-13)10-11-20/h2-9,16,19-20H,10-11H2,1H3. The summed E-state index contributed by atoms with van der Waals surface area (Å²) in [7, 11) is 1.27. The zero-order chi connectivity index (χ0) is 15.9. The number of aliphatic hydroxyl groups excluding tert-OH is 1. The molecule has 0 aliphatic carbocycles. The maximum atomic E-state index is 13.9. The van der Waals surface area contributed by atoms with Crippen LogP contribution in [0.15, 0.2) is 48.5 Å². The number of esters is 1. The molecule has 4 nitrogen and oxygen atoms in total. The van der Waals surface area contributed by atoms with Crippen LogP contribution in [0.3, 0.4) is 0 Å². The van der Waals surface area contributed by atoms with E-state index >= 15 is 0 Å². The molecule has 0 amide bonds. The molecular formula is C17H18FNO3. The molecule has 1 unspecified atom stereocenters. The second-order valence-electron chi connectivity index (χ2n) is 4.79. The van der Waals surface area contributed by atoms with Crippen LogP contribution in [0.1, 0.15) is 17.2 Å². The normalized spacial score (nSPS) is 11.8. The largest absolute Gasteiger partial charge is 0.467 e. The highest BCUT2D eigenvalue weighted by Crippen LogP contribution is 2.23. The first-order valence-corrected chi connectivity index (χ1v) is 6.94. The quantitative estimate of drug-likeness (QED) is 0.806. The molecule has 0 saturated carbocycles. The molecule has 0 fully saturated rings. The molecule has 2 aromatic carbocycles. The molecule has 0 bridgehead atoms. The van der Waals surface area contributed by atoms with Crippen LogP contribution in [0.5, 0.6) is 0 Å². The minimum atomic E-state index is -0.921. The summed E-state index contributed by atoms with van der Waals surface area (Å²) >= 11 is 0. The SMILES string of the molecule is COC(=O)C(Nc1ccc(CCO)cc1)c1ccccc1F. The lowest BCUT2D eigenvalue weighted by atomic mass is 10.1.